The Hall–Kier alpha value is -3.59. The number of carbonyl (C=O) groups excluding carboxylic acids is 1. The van der Waals surface area contributed by atoms with E-state index in [0.29, 0.717) is 30.4 Å². The van der Waals surface area contributed by atoms with E-state index < -0.39 is 16.6 Å². The summed E-state index contributed by atoms with van der Waals surface area (Å²) in [5, 5.41) is 2.92. The molecule has 2 spiro atoms. The van der Waals surface area contributed by atoms with Gasteiger partial charge in [0, 0.05) is 11.3 Å². The molecule has 0 bridgehead atoms. The van der Waals surface area contributed by atoms with Gasteiger partial charge in [0.15, 0.2) is 0 Å². The van der Waals surface area contributed by atoms with Crippen LogP contribution < -0.4 is 15.8 Å². The predicted octanol–water partition coefficient (Wildman–Crippen LogP) is 2.41. The summed E-state index contributed by atoms with van der Waals surface area (Å²) < 4.78 is 22.9. The van der Waals surface area contributed by atoms with Crippen molar-refractivity contribution in [2.75, 3.05) is 32.2 Å². The summed E-state index contributed by atoms with van der Waals surface area (Å²) >= 11 is 0. The van der Waals surface area contributed by atoms with E-state index in [4.69, 9.17) is 29.7 Å². The Morgan fingerprint density at radius 3 is 2.64 bits per heavy atom. The van der Waals surface area contributed by atoms with Crippen molar-refractivity contribution >= 4 is 23.8 Å². The second kappa shape index (κ2) is 7.48. The Labute approximate surface area is 191 Å². The molecule has 9 nitrogen and oxygen atoms in total. The summed E-state index contributed by atoms with van der Waals surface area (Å²) in [6.07, 6.45) is 8.41. The van der Waals surface area contributed by atoms with Crippen LogP contribution in [0.2, 0.25) is 0 Å². The maximum Gasteiger partial charge on any atom is 0.283 e. The van der Waals surface area contributed by atoms with Gasteiger partial charge in [-0.2, -0.15) is 0 Å². The first-order valence-corrected chi connectivity index (χ1v) is 10.7. The van der Waals surface area contributed by atoms with Crippen LogP contribution in [0.25, 0.3) is 0 Å². The van der Waals surface area contributed by atoms with Crippen LogP contribution in [0.15, 0.2) is 63.9 Å². The standard InChI is InChI=1S/C24H26N4O5/c1-22(2)23(12-31-13-23)24(14-32-21(25)28-24)17-10-15(8-9-19(17)33-22)27-20(29)18-7-5-4-6-16(30-3)11-26-18/h4-11H,12-14H2,1-3H3,(H2,25,28)(H,27,29)/b5-4+,6-4?,7-5?,16-6-,16-11?,18-7-,26-11-,26-18?. The van der Waals surface area contributed by atoms with Crippen LogP contribution in [0.1, 0.15) is 19.4 Å². The highest BCUT2D eigenvalue weighted by atomic mass is 16.5. The van der Waals surface area contributed by atoms with Crippen LogP contribution in [0.5, 0.6) is 5.75 Å². The lowest BCUT2D eigenvalue weighted by Gasteiger charge is -2.61. The molecular formula is C24H26N4O5. The molecule has 4 aliphatic heterocycles. The maximum absolute atomic E-state index is 12.9. The molecule has 0 aromatic heterocycles. The fraction of sp³-hybridized carbons (Fsp3) is 0.375. The molecule has 5 rings (SSSR count). The first-order chi connectivity index (χ1) is 15.8. The van der Waals surface area contributed by atoms with E-state index in [1.807, 2.05) is 26.0 Å². The first-order valence-electron chi connectivity index (χ1n) is 10.7. The maximum atomic E-state index is 12.9. The number of amidine groups is 1. The number of nitrogens with zero attached hydrogens (tertiary/aromatic N) is 2. The van der Waals surface area contributed by atoms with Crippen LogP contribution in [0, 0.1) is 5.41 Å². The van der Waals surface area contributed by atoms with E-state index in [1.54, 1.807) is 37.5 Å². The largest absolute Gasteiger partial charge is 0.495 e. The molecule has 0 aliphatic carbocycles. The summed E-state index contributed by atoms with van der Waals surface area (Å²) in [7, 11) is 1.55. The second-order valence-electron chi connectivity index (χ2n) is 8.92. The SMILES string of the molecule is COC1=C\C=C\C=C(C(=O)Nc2ccc3c(c2)C2(COC(N)=N2)C2(COC2)C(C)(C)O3)/N=C\1. The van der Waals surface area contributed by atoms with E-state index in [1.165, 1.54) is 6.21 Å². The minimum atomic E-state index is -0.772. The van der Waals surface area contributed by atoms with Gasteiger partial charge in [-0.1, -0.05) is 12.2 Å². The number of nitrogens with one attached hydrogen (secondary N) is 1. The predicted molar refractivity (Wildman–Crippen MR) is 123 cm³/mol. The highest BCUT2D eigenvalue weighted by Crippen LogP contribution is 2.62. The van der Waals surface area contributed by atoms with E-state index in [-0.39, 0.29) is 24.2 Å². The number of amides is 1. The number of hydrogen-bond donors (Lipinski definition) is 2. The molecule has 1 fully saturated rings. The summed E-state index contributed by atoms with van der Waals surface area (Å²) in [4.78, 5) is 22.0. The van der Waals surface area contributed by atoms with Gasteiger partial charge in [-0.3, -0.25) is 4.79 Å². The topological polar surface area (TPSA) is 117 Å². The molecule has 0 radical (unpaired) electrons. The number of nitrogens with two attached hydrogens (primary N) is 1. The molecule has 33 heavy (non-hydrogen) atoms. The number of aliphatic imine (C=N–C) groups is 2. The van der Waals surface area contributed by atoms with E-state index >= 15 is 0 Å². The van der Waals surface area contributed by atoms with Gasteiger partial charge in [0.1, 0.15) is 35.0 Å². The Kier molecular flexibility index (Phi) is 4.82. The van der Waals surface area contributed by atoms with Crippen LogP contribution in [0.3, 0.4) is 0 Å². The average molecular weight is 450 g/mol. The number of allylic oxidation sites excluding steroid dienone is 5. The van der Waals surface area contributed by atoms with Gasteiger partial charge in [-0.25, -0.2) is 9.98 Å². The molecule has 4 heterocycles. The zero-order valence-electron chi connectivity index (χ0n) is 18.8. The van der Waals surface area contributed by atoms with Crippen molar-refractivity contribution in [3.63, 3.8) is 0 Å². The van der Waals surface area contributed by atoms with E-state index in [2.05, 4.69) is 10.3 Å². The summed E-state index contributed by atoms with van der Waals surface area (Å²) in [5.74, 6) is 0.870. The monoisotopic (exact) mass is 450 g/mol. The van der Waals surface area contributed by atoms with Gasteiger partial charge in [0.2, 0.25) is 0 Å². The zero-order valence-corrected chi connectivity index (χ0v) is 18.8. The fourth-order valence-corrected chi connectivity index (χ4v) is 4.82. The molecule has 1 atom stereocenters. The quantitative estimate of drug-likeness (QED) is 0.731. The van der Waals surface area contributed by atoms with Crippen molar-refractivity contribution in [3.8, 4) is 5.75 Å². The smallest absolute Gasteiger partial charge is 0.283 e. The van der Waals surface area contributed by atoms with Crippen molar-refractivity contribution < 1.29 is 23.7 Å². The van der Waals surface area contributed by atoms with Crippen LogP contribution in [-0.2, 0) is 24.5 Å². The van der Waals surface area contributed by atoms with Crippen LogP contribution in [-0.4, -0.2) is 50.7 Å². The number of anilines is 1. The second-order valence-corrected chi connectivity index (χ2v) is 8.92. The number of methoxy groups -OCH3 is 1. The van der Waals surface area contributed by atoms with Crippen molar-refractivity contribution in [1.82, 2.24) is 0 Å². The molecule has 1 saturated heterocycles. The highest BCUT2D eigenvalue weighted by molar-refractivity contribution is 6.05. The molecular weight excluding hydrogens is 424 g/mol. The van der Waals surface area contributed by atoms with Gasteiger partial charge in [-0.15, -0.1) is 0 Å². The minimum absolute atomic E-state index is 0.141. The van der Waals surface area contributed by atoms with Crippen molar-refractivity contribution in [3.05, 3.63) is 59.5 Å². The van der Waals surface area contributed by atoms with E-state index in [9.17, 15) is 4.79 Å². The third-order valence-corrected chi connectivity index (χ3v) is 6.84. The molecule has 1 amide bonds. The lowest BCUT2D eigenvalue weighted by atomic mass is 9.55. The zero-order chi connectivity index (χ0) is 23.3. The molecule has 1 unspecified atom stereocenters. The van der Waals surface area contributed by atoms with Gasteiger partial charge in [0.25, 0.3) is 11.9 Å². The summed E-state index contributed by atoms with van der Waals surface area (Å²) in [6.45, 7) is 5.30. The number of benzene rings is 1. The van der Waals surface area contributed by atoms with Crippen LogP contribution >= 0.6 is 0 Å². The highest BCUT2D eigenvalue weighted by Gasteiger charge is 2.71. The third kappa shape index (κ3) is 3.14. The number of carbonyl (C=O) groups is 1. The van der Waals surface area contributed by atoms with Crippen molar-refractivity contribution in [2.45, 2.75) is 25.0 Å². The molecule has 172 valence electrons. The Bertz CT molecular complexity index is 1160. The van der Waals surface area contributed by atoms with Gasteiger partial charge < -0.3 is 30.0 Å². The lowest BCUT2D eigenvalue weighted by Crippen LogP contribution is -2.71. The number of ether oxygens (including phenoxy) is 4. The number of rotatable bonds is 3. The number of fused-ring (bicyclic) bond motifs is 3. The van der Waals surface area contributed by atoms with Gasteiger partial charge in [0.05, 0.1) is 32.0 Å². The molecule has 4 aliphatic rings. The average Bonchev–Trinajstić information content (AvgIpc) is 3.09. The normalized spacial score (nSPS) is 31.1. The molecule has 9 heteroatoms. The van der Waals surface area contributed by atoms with E-state index in [0.717, 1.165) is 5.56 Å². The Morgan fingerprint density at radius 2 is 1.97 bits per heavy atom. The van der Waals surface area contributed by atoms with Crippen molar-refractivity contribution in [1.29, 1.82) is 0 Å². The lowest BCUT2D eigenvalue weighted by molar-refractivity contribution is -0.247. The summed E-state index contributed by atoms with van der Waals surface area (Å²) in [6, 6.07) is 5.65. The summed E-state index contributed by atoms with van der Waals surface area (Å²) in [5.41, 5.74) is 5.84. The molecule has 0 saturated carbocycles. The first kappa shape index (κ1) is 21.3. The van der Waals surface area contributed by atoms with Gasteiger partial charge >= 0.3 is 0 Å². The fourth-order valence-electron chi connectivity index (χ4n) is 4.82. The van der Waals surface area contributed by atoms with Gasteiger partial charge in [-0.05, 0) is 44.2 Å². The van der Waals surface area contributed by atoms with Crippen LogP contribution in [0.4, 0.5) is 5.69 Å². The minimum Gasteiger partial charge on any atom is -0.495 e. The number of hydrogen-bond acceptors (Lipinski definition) is 8. The molecule has 1 aromatic rings. The molecule has 1 aromatic carbocycles. The Morgan fingerprint density at radius 1 is 1.18 bits per heavy atom. The molecule has 3 N–H and O–H groups in total. The van der Waals surface area contributed by atoms with Crippen molar-refractivity contribution in [2.24, 2.45) is 21.1 Å². The Balaban J connectivity index is 1.50. The third-order valence-electron chi connectivity index (χ3n) is 6.84.